The zero-order chi connectivity index (χ0) is 13.5. The Labute approximate surface area is 110 Å². The lowest BCUT2D eigenvalue weighted by Gasteiger charge is -2.31. The average molecular weight is 249 g/mol. The molecule has 0 amide bonds. The van der Waals surface area contributed by atoms with Gasteiger partial charge >= 0.3 is 5.97 Å². The van der Waals surface area contributed by atoms with Crippen LogP contribution in [0.3, 0.4) is 0 Å². The summed E-state index contributed by atoms with van der Waals surface area (Å²) in [6.07, 6.45) is 2.94. The van der Waals surface area contributed by atoms with Crippen LogP contribution in [0.2, 0.25) is 0 Å². The predicted molar refractivity (Wildman–Crippen MR) is 68.4 cm³/mol. The predicted octanol–water partition coefficient (Wildman–Crippen LogP) is 3.15. The standard InChI is InChI=1S/C15H23NO2/c1-9(2)15(3,4)14(17)18-13-7-10-5-11(13)6-12(10)8-16/h9-13H,5-7H2,1-4H3. The Bertz CT molecular complexity index is 380. The van der Waals surface area contributed by atoms with Gasteiger partial charge in [0.1, 0.15) is 6.10 Å². The first-order valence-corrected chi connectivity index (χ1v) is 6.97. The molecule has 0 spiro atoms. The summed E-state index contributed by atoms with van der Waals surface area (Å²) in [5.41, 5.74) is -0.420. The first kappa shape index (κ1) is 13.4. The summed E-state index contributed by atoms with van der Waals surface area (Å²) in [6, 6.07) is 2.38. The minimum atomic E-state index is -0.420. The number of nitrogens with zero attached hydrogens (tertiary/aromatic N) is 1. The minimum Gasteiger partial charge on any atom is -0.462 e. The first-order valence-electron chi connectivity index (χ1n) is 6.97. The summed E-state index contributed by atoms with van der Waals surface area (Å²) in [4.78, 5) is 12.2. The van der Waals surface area contributed by atoms with Crippen molar-refractivity contribution in [2.24, 2.45) is 29.1 Å². The van der Waals surface area contributed by atoms with Crippen LogP contribution in [0, 0.1) is 40.4 Å². The highest BCUT2D eigenvalue weighted by atomic mass is 16.5. The quantitative estimate of drug-likeness (QED) is 0.722. The Kier molecular flexibility index (Phi) is 3.40. The molecule has 0 saturated heterocycles. The fourth-order valence-corrected chi connectivity index (χ4v) is 3.05. The summed E-state index contributed by atoms with van der Waals surface area (Å²) in [5.74, 6) is 1.27. The van der Waals surface area contributed by atoms with Gasteiger partial charge in [-0.1, -0.05) is 13.8 Å². The zero-order valence-corrected chi connectivity index (χ0v) is 11.8. The Hall–Kier alpha value is -1.04. The third-order valence-corrected chi connectivity index (χ3v) is 5.19. The van der Waals surface area contributed by atoms with Crippen molar-refractivity contribution in [2.75, 3.05) is 0 Å². The Morgan fingerprint density at radius 1 is 1.28 bits per heavy atom. The Balaban J connectivity index is 1.94. The van der Waals surface area contributed by atoms with Crippen LogP contribution in [0.1, 0.15) is 47.0 Å². The SMILES string of the molecule is CC(C)C(C)(C)C(=O)OC1CC2CC1CC2C#N. The van der Waals surface area contributed by atoms with Gasteiger partial charge in [-0.2, -0.15) is 5.26 Å². The molecule has 2 aliphatic carbocycles. The lowest BCUT2D eigenvalue weighted by Crippen LogP contribution is -2.36. The number of carbonyl (C=O) groups excluding carboxylic acids is 1. The molecule has 2 bridgehead atoms. The fourth-order valence-electron chi connectivity index (χ4n) is 3.05. The molecule has 0 aliphatic heterocycles. The second-order valence-electron chi connectivity index (χ2n) is 6.78. The molecule has 0 aromatic rings. The van der Waals surface area contributed by atoms with E-state index >= 15 is 0 Å². The maximum atomic E-state index is 12.2. The highest BCUT2D eigenvalue weighted by Crippen LogP contribution is 2.49. The van der Waals surface area contributed by atoms with Crippen LogP contribution in [0.4, 0.5) is 0 Å². The smallest absolute Gasteiger partial charge is 0.312 e. The van der Waals surface area contributed by atoms with Crippen molar-refractivity contribution in [1.82, 2.24) is 0 Å². The molecule has 0 aromatic heterocycles. The summed E-state index contributed by atoms with van der Waals surface area (Å²) in [7, 11) is 0. The van der Waals surface area contributed by atoms with E-state index in [1.54, 1.807) is 0 Å². The van der Waals surface area contributed by atoms with Gasteiger partial charge in [0, 0.05) is 5.92 Å². The molecule has 0 aromatic carbocycles. The van der Waals surface area contributed by atoms with Crippen molar-refractivity contribution >= 4 is 5.97 Å². The molecular weight excluding hydrogens is 226 g/mol. The van der Waals surface area contributed by atoms with Crippen LogP contribution in [0.5, 0.6) is 0 Å². The van der Waals surface area contributed by atoms with Gasteiger partial charge in [0.2, 0.25) is 0 Å². The van der Waals surface area contributed by atoms with Gasteiger partial charge in [-0.25, -0.2) is 0 Å². The molecule has 4 atom stereocenters. The van der Waals surface area contributed by atoms with Crippen LogP contribution in [0.25, 0.3) is 0 Å². The molecule has 4 unspecified atom stereocenters. The number of esters is 1. The second kappa shape index (κ2) is 4.57. The van der Waals surface area contributed by atoms with E-state index in [0.717, 1.165) is 19.3 Å². The third-order valence-electron chi connectivity index (χ3n) is 5.19. The monoisotopic (exact) mass is 249 g/mol. The highest BCUT2D eigenvalue weighted by molar-refractivity contribution is 5.76. The molecule has 3 heteroatoms. The molecule has 2 rings (SSSR count). The van der Waals surface area contributed by atoms with Gasteiger partial charge < -0.3 is 4.74 Å². The number of fused-ring (bicyclic) bond motifs is 2. The van der Waals surface area contributed by atoms with Gasteiger partial charge in [-0.3, -0.25) is 4.79 Å². The number of nitriles is 1. The molecule has 2 aliphatic rings. The van der Waals surface area contributed by atoms with Gasteiger partial charge in [0.25, 0.3) is 0 Å². The largest absolute Gasteiger partial charge is 0.462 e. The first-order chi connectivity index (χ1) is 8.36. The number of hydrogen-bond donors (Lipinski definition) is 0. The van der Waals surface area contributed by atoms with Crippen LogP contribution in [-0.2, 0) is 9.53 Å². The van der Waals surface area contributed by atoms with Gasteiger partial charge in [-0.05, 0) is 50.9 Å². The van der Waals surface area contributed by atoms with Crippen molar-refractivity contribution in [1.29, 1.82) is 5.26 Å². The van der Waals surface area contributed by atoms with E-state index in [9.17, 15) is 4.79 Å². The number of carbonyl (C=O) groups is 1. The van der Waals surface area contributed by atoms with Crippen molar-refractivity contribution < 1.29 is 9.53 Å². The van der Waals surface area contributed by atoms with E-state index < -0.39 is 5.41 Å². The van der Waals surface area contributed by atoms with E-state index in [4.69, 9.17) is 10.00 Å². The van der Waals surface area contributed by atoms with E-state index in [-0.39, 0.29) is 23.9 Å². The molecule has 0 heterocycles. The van der Waals surface area contributed by atoms with Gasteiger partial charge in [0.05, 0.1) is 11.5 Å². The molecule has 2 saturated carbocycles. The fraction of sp³-hybridized carbons (Fsp3) is 0.867. The van der Waals surface area contributed by atoms with Crippen molar-refractivity contribution in [3.63, 3.8) is 0 Å². The lowest BCUT2D eigenvalue weighted by atomic mass is 9.81. The van der Waals surface area contributed by atoms with E-state index in [0.29, 0.717) is 11.8 Å². The summed E-state index contributed by atoms with van der Waals surface area (Å²) < 4.78 is 5.72. The zero-order valence-electron chi connectivity index (χ0n) is 11.8. The Morgan fingerprint density at radius 3 is 2.39 bits per heavy atom. The molecule has 0 radical (unpaired) electrons. The van der Waals surface area contributed by atoms with Crippen LogP contribution < -0.4 is 0 Å². The highest BCUT2D eigenvalue weighted by Gasteiger charge is 2.48. The average Bonchev–Trinajstić information content (AvgIpc) is 2.87. The molecule has 2 fully saturated rings. The maximum absolute atomic E-state index is 12.2. The summed E-state index contributed by atoms with van der Waals surface area (Å²) in [5, 5.41) is 9.00. The Morgan fingerprint density at radius 2 is 1.94 bits per heavy atom. The number of rotatable bonds is 3. The van der Waals surface area contributed by atoms with Gasteiger partial charge in [0.15, 0.2) is 0 Å². The van der Waals surface area contributed by atoms with Crippen molar-refractivity contribution in [3.05, 3.63) is 0 Å². The van der Waals surface area contributed by atoms with Gasteiger partial charge in [-0.15, -0.1) is 0 Å². The molecule has 3 nitrogen and oxygen atoms in total. The second-order valence-corrected chi connectivity index (χ2v) is 6.78. The third kappa shape index (κ3) is 2.13. The van der Waals surface area contributed by atoms with Crippen LogP contribution in [-0.4, -0.2) is 12.1 Å². The molecule has 18 heavy (non-hydrogen) atoms. The molecule has 100 valence electrons. The summed E-state index contributed by atoms with van der Waals surface area (Å²) >= 11 is 0. The maximum Gasteiger partial charge on any atom is 0.312 e. The number of ether oxygens (including phenoxy) is 1. The normalized spacial score (nSPS) is 34.7. The topological polar surface area (TPSA) is 50.1 Å². The van der Waals surface area contributed by atoms with Crippen molar-refractivity contribution in [2.45, 2.75) is 53.1 Å². The number of hydrogen-bond acceptors (Lipinski definition) is 3. The van der Waals surface area contributed by atoms with E-state index in [2.05, 4.69) is 6.07 Å². The van der Waals surface area contributed by atoms with Crippen molar-refractivity contribution in [3.8, 4) is 6.07 Å². The molecule has 0 N–H and O–H groups in total. The summed E-state index contributed by atoms with van der Waals surface area (Å²) in [6.45, 7) is 8.00. The minimum absolute atomic E-state index is 0.0603. The van der Waals surface area contributed by atoms with Crippen LogP contribution in [0.15, 0.2) is 0 Å². The van der Waals surface area contributed by atoms with Crippen LogP contribution >= 0.6 is 0 Å². The molecular formula is C15H23NO2. The lowest BCUT2D eigenvalue weighted by molar-refractivity contribution is -0.165. The van der Waals surface area contributed by atoms with E-state index in [1.165, 1.54) is 0 Å². The van der Waals surface area contributed by atoms with E-state index in [1.807, 2.05) is 27.7 Å².